The molecule has 1 fully saturated rings. The van der Waals surface area contributed by atoms with Crippen molar-refractivity contribution in [3.05, 3.63) is 22.7 Å². The number of aliphatic hydroxyl groups is 2. The molecule has 1 aromatic rings. The summed E-state index contributed by atoms with van der Waals surface area (Å²) in [5.41, 5.74) is -1.14. The van der Waals surface area contributed by atoms with Crippen LogP contribution in [-0.2, 0) is 23.9 Å². The van der Waals surface area contributed by atoms with Crippen LogP contribution in [0.3, 0.4) is 0 Å². The third-order valence-corrected chi connectivity index (χ3v) is 5.89. The van der Waals surface area contributed by atoms with Crippen LogP contribution in [0.25, 0.3) is 0 Å². The van der Waals surface area contributed by atoms with Gasteiger partial charge < -0.3 is 39.4 Å². The summed E-state index contributed by atoms with van der Waals surface area (Å²) in [6, 6.07) is 1.13. The number of ether oxygens (including phenoxy) is 2. The number of nitrogens with zero attached hydrogens (tertiary/aromatic N) is 3. The highest BCUT2D eigenvalue weighted by Gasteiger charge is 2.59. The second kappa shape index (κ2) is 13.9. The Hall–Kier alpha value is -3.01. The Balaban J connectivity index is 1.73. The molecule has 13 nitrogen and oxygen atoms in total. The molecule has 4 atom stereocenters. The first-order valence-electron chi connectivity index (χ1n) is 12.5. The fourth-order valence-corrected chi connectivity index (χ4v) is 4.08. The van der Waals surface area contributed by atoms with Gasteiger partial charge in [0.05, 0.1) is 27.7 Å². The van der Waals surface area contributed by atoms with E-state index in [0.717, 1.165) is 12.3 Å². The van der Waals surface area contributed by atoms with Crippen LogP contribution < -0.4 is 16.1 Å². The van der Waals surface area contributed by atoms with Gasteiger partial charge in [0.1, 0.15) is 18.5 Å². The van der Waals surface area contributed by atoms with Gasteiger partial charge in [0.25, 0.3) is 0 Å². The molecule has 2 heterocycles. The minimum atomic E-state index is -3.84. The second-order valence-electron chi connectivity index (χ2n) is 10.5. The van der Waals surface area contributed by atoms with Crippen molar-refractivity contribution in [1.82, 2.24) is 9.55 Å². The van der Waals surface area contributed by atoms with E-state index in [1.165, 1.54) is 0 Å². The zero-order valence-corrected chi connectivity index (χ0v) is 22.2. The normalized spacial score (nSPS) is 21.4. The number of carbonyl (C=O) groups excluding carboxylic acids is 3. The number of halogens is 2. The van der Waals surface area contributed by atoms with Gasteiger partial charge in [-0.3, -0.25) is 14.2 Å². The predicted octanol–water partition coefficient (Wildman–Crippen LogP) is -0.834. The quantitative estimate of drug-likeness (QED) is 0.139. The lowest BCUT2D eigenvalue weighted by molar-refractivity contribution is -0.873. The van der Waals surface area contributed by atoms with Gasteiger partial charge in [-0.15, -0.1) is 0 Å². The van der Waals surface area contributed by atoms with Crippen LogP contribution >= 0.6 is 0 Å². The summed E-state index contributed by atoms with van der Waals surface area (Å²) in [5.74, 6) is -6.25. The molecule has 1 aromatic heterocycles. The summed E-state index contributed by atoms with van der Waals surface area (Å²) in [6.45, 7) is -0.539. The number of rotatable bonds is 15. The van der Waals surface area contributed by atoms with Gasteiger partial charge in [0, 0.05) is 31.4 Å². The number of nitrogens with one attached hydrogen (secondary N) is 1. The average molecular weight is 563 g/mol. The van der Waals surface area contributed by atoms with Crippen LogP contribution in [0.15, 0.2) is 17.1 Å². The standard InChI is InChI=1S/C24H36F2N4O9/c1-30(2,3)13-15(12-19(33)34)38-20(35)9-7-5-4-6-8-18(32)27-17-10-11-29(23(37)28-17)22-24(25,26)21(36)16(14-31)39-22/h10-11,15-16,21-22,31,36H,4-9,12-14H2,1-3H3,(H-,27,28,32,33,34,37)/t15?,16-,21-,22-/m1/s1. The van der Waals surface area contributed by atoms with E-state index in [1.807, 2.05) is 21.1 Å². The molecule has 220 valence electrons. The Kier molecular flexibility index (Phi) is 11.5. The largest absolute Gasteiger partial charge is 0.550 e. The van der Waals surface area contributed by atoms with Crippen molar-refractivity contribution < 1.29 is 52.4 Å². The van der Waals surface area contributed by atoms with Gasteiger partial charge in [-0.05, 0) is 18.9 Å². The number of hydrogen-bond donors (Lipinski definition) is 3. The Morgan fingerprint density at radius 2 is 1.87 bits per heavy atom. The van der Waals surface area contributed by atoms with Gasteiger partial charge in [-0.25, -0.2) is 4.79 Å². The minimum absolute atomic E-state index is 0.0839. The first-order valence-corrected chi connectivity index (χ1v) is 12.5. The Bertz CT molecular complexity index is 1060. The van der Waals surface area contributed by atoms with Crippen molar-refractivity contribution in [1.29, 1.82) is 0 Å². The Morgan fingerprint density at radius 1 is 1.23 bits per heavy atom. The monoisotopic (exact) mass is 562 g/mol. The Labute approximate surface area is 223 Å². The van der Waals surface area contributed by atoms with Crippen LogP contribution in [0.1, 0.15) is 51.2 Å². The van der Waals surface area contributed by atoms with Crippen LogP contribution in [0.2, 0.25) is 0 Å². The van der Waals surface area contributed by atoms with Gasteiger partial charge in [0.15, 0.2) is 12.2 Å². The zero-order valence-electron chi connectivity index (χ0n) is 22.2. The number of carbonyl (C=O) groups is 3. The molecule has 1 amide bonds. The van der Waals surface area contributed by atoms with Crippen LogP contribution in [0.4, 0.5) is 14.6 Å². The summed E-state index contributed by atoms with van der Waals surface area (Å²) in [4.78, 5) is 51.0. The minimum Gasteiger partial charge on any atom is -0.550 e. The van der Waals surface area contributed by atoms with Crippen LogP contribution in [-0.4, -0.2) is 101 Å². The van der Waals surface area contributed by atoms with Gasteiger partial charge in [-0.2, -0.15) is 13.8 Å². The highest BCUT2D eigenvalue weighted by molar-refractivity contribution is 5.89. The lowest BCUT2D eigenvalue weighted by Gasteiger charge is -2.29. The molecule has 0 aliphatic carbocycles. The van der Waals surface area contributed by atoms with E-state index in [2.05, 4.69) is 10.3 Å². The third kappa shape index (κ3) is 9.91. The van der Waals surface area contributed by atoms with Gasteiger partial charge in [-0.1, -0.05) is 12.8 Å². The van der Waals surface area contributed by atoms with Crippen molar-refractivity contribution in [3.8, 4) is 0 Å². The summed E-state index contributed by atoms with van der Waals surface area (Å²) in [6.07, 6.45) is -3.87. The highest BCUT2D eigenvalue weighted by Crippen LogP contribution is 2.41. The molecule has 39 heavy (non-hydrogen) atoms. The smallest absolute Gasteiger partial charge is 0.351 e. The van der Waals surface area contributed by atoms with E-state index < -0.39 is 60.6 Å². The summed E-state index contributed by atoms with van der Waals surface area (Å²) >= 11 is 0. The third-order valence-electron chi connectivity index (χ3n) is 5.89. The second-order valence-corrected chi connectivity index (χ2v) is 10.5. The van der Waals surface area contributed by atoms with E-state index in [9.17, 15) is 38.2 Å². The molecule has 2 rings (SSSR count). The van der Waals surface area contributed by atoms with Crippen LogP contribution in [0.5, 0.6) is 0 Å². The molecule has 0 spiro atoms. The highest BCUT2D eigenvalue weighted by atomic mass is 19.3. The van der Waals surface area contributed by atoms with E-state index in [-0.39, 0.29) is 25.1 Å². The number of aliphatic hydroxyl groups excluding tert-OH is 2. The number of alkyl halides is 2. The summed E-state index contributed by atoms with van der Waals surface area (Å²) < 4.78 is 39.6. The predicted molar refractivity (Wildman–Crippen MR) is 129 cm³/mol. The number of carboxylic acids is 1. The average Bonchev–Trinajstić information content (AvgIpc) is 3.03. The fraction of sp³-hybridized carbons (Fsp3) is 0.708. The molecular formula is C24H36F2N4O9. The molecule has 1 aliphatic rings. The van der Waals surface area contributed by atoms with Crippen LogP contribution in [0, 0.1) is 0 Å². The molecule has 0 aromatic carbocycles. The number of anilines is 1. The SMILES string of the molecule is C[N+](C)(C)CC(CC(=O)[O-])OC(=O)CCCCCCC(=O)Nc1ccn([C@@H]2O[C@H](CO)[C@@H](O)C2(F)F)c(=O)n1. The molecule has 1 unspecified atom stereocenters. The van der Waals surface area contributed by atoms with E-state index in [1.54, 1.807) is 0 Å². The number of carboxylic acid groups (broad SMARTS) is 1. The summed E-state index contributed by atoms with van der Waals surface area (Å²) in [5, 5.41) is 32.0. The number of aliphatic carboxylic acids is 1. The number of quaternary nitrogens is 1. The van der Waals surface area contributed by atoms with Gasteiger partial charge in [0.2, 0.25) is 12.1 Å². The van der Waals surface area contributed by atoms with Gasteiger partial charge >= 0.3 is 17.6 Å². The van der Waals surface area contributed by atoms with Crippen molar-refractivity contribution >= 4 is 23.7 Å². The number of hydrogen-bond acceptors (Lipinski definition) is 10. The van der Waals surface area contributed by atoms with Crippen molar-refractivity contribution in [2.45, 2.75) is 75.4 Å². The summed E-state index contributed by atoms with van der Waals surface area (Å²) in [7, 11) is 5.55. The van der Waals surface area contributed by atoms with Crippen molar-refractivity contribution in [2.75, 3.05) is 39.6 Å². The fourth-order valence-electron chi connectivity index (χ4n) is 4.08. The number of unbranched alkanes of at least 4 members (excludes halogenated alkanes) is 3. The molecular weight excluding hydrogens is 526 g/mol. The maximum absolute atomic E-state index is 14.3. The van der Waals surface area contributed by atoms with Crippen molar-refractivity contribution in [2.24, 2.45) is 0 Å². The lowest BCUT2D eigenvalue weighted by atomic mass is 10.1. The van der Waals surface area contributed by atoms with E-state index >= 15 is 0 Å². The molecule has 0 radical (unpaired) electrons. The maximum atomic E-state index is 14.3. The molecule has 1 saturated heterocycles. The first-order chi connectivity index (χ1) is 18.1. The van der Waals surface area contributed by atoms with Crippen molar-refractivity contribution in [3.63, 3.8) is 0 Å². The topological polar surface area (TPSA) is 180 Å². The Morgan fingerprint density at radius 3 is 2.41 bits per heavy atom. The number of likely N-dealkylation sites (N-methyl/N-ethyl adjacent to an activating group) is 1. The number of aromatic nitrogens is 2. The lowest BCUT2D eigenvalue weighted by Crippen LogP contribution is -2.45. The number of amides is 1. The molecule has 15 heteroatoms. The van der Waals surface area contributed by atoms with E-state index in [0.29, 0.717) is 41.3 Å². The van der Waals surface area contributed by atoms with E-state index in [4.69, 9.17) is 14.6 Å². The number of esters is 1. The molecule has 1 aliphatic heterocycles. The zero-order chi connectivity index (χ0) is 29.4. The maximum Gasteiger partial charge on any atom is 0.351 e. The molecule has 0 bridgehead atoms. The first kappa shape index (κ1) is 32.2. The molecule has 0 saturated carbocycles. The molecule has 3 N–H and O–H groups in total.